The highest BCUT2D eigenvalue weighted by Gasteiger charge is 2.28. The largest absolute Gasteiger partial charge is 0.444 e. The number of ether oxygens (including phenoxy) is 2. The Morgan fingerprint density at radius 2 is 1.81 bits per heavy atom. The van der Waals surface area contributed by atoms with Gasteiger partial charge in [-0.25, -0.2) is 4.79 Å². The number of carbonyl (C=O) groups excluding carboxylic acids is 1. The number of aliphatic hydroxyl groups excluding tert-OH is 1. The summed E-state index contributed by atoms with van der Waals surface area (Å²) >= 11 is 0. The van der Waals surface area contributed by atoms with Crippen LogP contribution in [0.25, 0.3) is 0 Å². The molecule has 0 bridgehead atoms. The molecule has 21 heavy (non-hydrogen) atoms. The van der Waals surface area contributed by atoms with Crippen LogP contribution >= 0.6 is 0 Å². The Labute approximate surface area is 127 Å². The number of hydrogen-bond donors (Lipinski definition) is 1. The molecule has 0 aromatic heterocycles. The van der Waals surface area contributed by atoms with Crippen LogP contribution in [0.1, 0.15) is 33.6 Å². The number of carbonyl (C=O) groups is 1. The van der Waals surface area contributed by atoms with Gasteiger partial charge < -0.3 is 19.5 Å². The molecule has 0 unspecified atom stereocenters. The predicted molar refractivity (Wildman–Crippen MR) is 79.2 cm³/mol. The number of amides is 1. The Bertz CT molecular complexity index is 342. The predicted octanol–water partition coefficient (Wildman–Crippen LogP) is 1.08. The van der Waals surface area contributed by atoms with Crippen molar-refractivity contribution in [3.63, 3.8) is 0 Å². The van der Waals surface area contributed by atoms with Crippen molar-refractivity contribution in [1.29, 1.82) is 0 Å². The van der Waals surface area contributed by atoms with Gasteiger partial charge in [0, 0.05) is 32.7 Å². The van der Waals surface area contributed by atoms with Gasteiger partial charge in [0.2, 0.25) is 0 Å². The molecular weight excluding hydrogens is 272 g/mol. The third kappa shape index (κ3) is 5.45. The fourth-order valence-corrected chi connectivity index (χ4v) is 2.50. The Morgan fingerprint density at radius 3 is 2.33 bits per heavy atom. The molecular formula is C15H28N2O4. The van der Waals surface area contributed by atoms with Crippen molar-refractivity contribution < 1.29 is 19.4 Å². The average Bonchev–Trinajstić information content (AvgIpc) is 2.35. The molecule has 2 rings (SSSR count). The minimum atomic E-state index is -0.435. The summed E-state index contributed by atoms with van der Waals surface area (Å²) in [6.07, 6.45) is 1.40. The zero-order valence-corrected chi connectivity index (χ0v) is 13.4. The van der Waals surface area contributed by atoms with Gasteiger partial charge in [0.05, 0.1) is 18.8 Å². The minimum absolute atomic E-state index is 0.160. The molecule has 1 amide bonds. The summed E-state index contributed by atoms with van der Waals surface area (Å²) in [7, 11) is 0. The normalized spacial score (nSPS) is 27.3. The van der Waals surface area contributed by atoms with E-state index in [1.54, 1.807) is 4.90 Å². The molecule has 0 atom stereocenters. The Balaban J connectivity index is 1.58. The topological polar surface area (TPSA) is 62.2 Å². The molecule has 1 saturated carbocycles. The Hall–Kier alpha value is -0.850. The molecule has 2 fully saturated rings. The van der Waals surface area contributed by atoms with Crippen molar-refractivity contribution in [3.8, 4) is 0 Å². The summed E-state index contributed by atoms with van der Waals surface area (Å²) in [5, 5.41) is 9.19. The van der Waals surface area contributed by atoms with Gasteiger partial charge in [-0.3, -0.25) is 4.90 Å². The molecule has 0 spiro atoms. The van der Waals surface area contributed by atoms with Crippen molar-refractivity contribution >= 4 is 6.09 Å². The van der Waals surface area contributed by atoms with Gasteiger partial charge in [-0.15, -0.1) is 0 Å². The van der Waals surface area contributed by atoms with E-state index >= 15 is 0 Å². The number of hydrogen-bond acceptors (Lipinski definition) is 5. The molecule has 1 N–H and O–H groups in total. The van der Waals surface area contributed by atoms with Gasteiger partial charge in [0.25, 0.3) is 0 Å². The van der Waals surface area contributed by atoms with E-state index in [0.717, 1.165) is 32.5 Å². The molecule has 1 aliphatic heterocycles. The lowest BCUT2D eigenvalue weighted by Gasteiger charge is -2.36. The smallest absolute Gasteiger partial charge is 0.410 e. The lowest BCUT2D eigenvalue weighted by atomic mass is 9.92. The first-order valence-corrected chi connectivity index (χ1v) is 7.83. The van der Waals surface area contributed by atoms with E-state index in [2.05, 4.69) is 4.90 Å². The van der Waals surface area contributed by atoms with Crippen LogP contribution in [0.15, 0.2) is 0 Å². The summed E-state index contributed by atoms with van der Waals surface area (Å²) in [5.74, 6) is 0. The third-order valence-electron chi connectivity index (χ3n) is 3.85. The molecule has 122 valence electrons. The Kier molecular flexibility index (Phi) is 5.46. The monoisotopic (exact) mass is 300 g/mol. The zero-order valence-electron chi connectivity index (χ0n) is 13.4. The average molecular weight is 300 g/mol. The van der Waals surface area contributed by atoms with Gasteiger partial charge in [0.1, 0.15) is 5.60 Å². The lowest BCUT2D eigenvalue weighted by molar-refractivity contribution is -0.0758. The maximum atomic E-state index is 11.9. The second kappa shape index (κ2) is 6.94. The number of piperazine rings is 1. The number of nitrogens with zero attached hydrogens (tertiary/aromatic N) is 2. The Morgan fingerprint density at radius 1 is 1.19 bits per heavy atom. The van der Waals surface area contributed by atoms with Crippen molar-refractivity contribution in [3.05, 3.63) is 0 Å². The van der Waals surface area contributed by atoms with Gasteiger partial charge in [-0.1, -0.05) is 0 Å². The van der Waals surface area contributed by atoms with Crippen LogP contribution in [-0.2, 0) is 9.47 Å². The first-order chi connectivity index (χ1) is 9.83. The number of rotatable bonds is 4. The van der Waals surface area contributed by atoms with E-state index < -0.39 is 5.60 Å². The van der Waals surface area contributed by atoms with Crippen LogP contribution in [-0.4, -0.2) is 78.1 Å². The first-order valence-electron chi connectivity index (χ1n) is 7.83. The molecule has 1 saturated heterocycles. The standard InChI is InChI=1S/C15H28N2O4/c1-15(2,3)21-14(19)17-6-4-16(5-7-17)8-9-20-13-10-12(18)11-13/h12-13,18H,4-11H2,1-3H3. The van der Waals surface area contributed by atoms with Crippen LogP contribution in [0.2, 0.25) is 0 Å². The first kappa shape index (κ1) is 16.5. The van der Waals surface area contributed by atoms with Gasteiger partial charge >= 0.3 is 6.09 Å². The summed E-state index contributed by atoms with van der Waals surface area (Å²) in [6, 6.07) is 0. The fraction of sp³-hybridized carbons (Fsp3) is 0.933. The maximum Gasteiger partial charge on any atom is 0.410 e. The van der Waals surface area contributed by atoms with Crippen LogP contribution in [0.4, 0.5) is 4.79 Å². The van der Waals surface area contributed by atoms with Crippen molar-refractivity contribution in [2.24, 2.45) is 0 Å². The number of aliphatic hydroxyl groups is 1. The maximum absolute atomic E-state index is 11.9. The molecule has 6 nitrogen and oxygen atoms in total. The quantitative estimate of drug-likeness (QED) is 0.842. The van der Waals surface area contributed by atoms with E-state index in [1.165, 1.54) is 0 Å². The van der Waals surface area contributed by atoms with E-state index in [9.17, 15) is 9.90 Å². The van der Waals surface area contributed by atoms with E-state index in [-0.39, 0.29) is 18.3 Å². The van der Waals surface area contributed by atoms with Crippen molar-refractivity contribution in [2.45, 2.75) is 51.4 Å². The lowest BCUT2D eigenvalue weighted by Crippen LogP contribution is -2.50. The van der Waals surface area contributed by atoms with E-state index in [0.29, 0.717) is 19.7 Å². The second-order valence-corrected chi connectivity index (χ2v) is 6.93. The highest BCUT2D eigenvalue weighted by Crippen LogP contribution is 2.22. The summed E-state index contributed by atoms with van der Waals surface area (Å²) in [5.41, 5.74) is -0.435. The van der Waals surface area contributed by atoms with E-state index in [1.807, 2.05) is 20.8 Å². The molecule has 1 heterocycles. The van der Waals surface area contributed by atoms with Crippen molar-refractivity contribution in [2.75, 3.05) is 39.3 Å². The fourth-order valence-electron chi connectivity index (χ4n) is 2.50. The summed E-state index contributed by atoms with van der Waals surface area (Å²) < 4.78 is 11.1. The van der Waals surface area contributed by atoms with Gasteiger partial charge in [0.15, 0.2) is 0 Å². The zero-order chi connectivity index (χ0) is 15.5. The van der Waals surface area contributed by atoms with Gasteiger partial charge in [-0.05, 0) is 33.6 Å². The molecule has 0 aromatic rings. The van der Waals surface area contributed by atoms with E-state index in [4.69, 9.17) is 9.47 Å². The summed E-state index contributed by atoms with van der Waals surface area (Å²) in [6.45, 7) is 10.4. The second-order valence-electron chi connectivity index (χ2n) is 6.93. The molecule has 0 aromatic carbocycles. The summed E-state index contributed by atoms with van der Waals surface area (Å²) in [4.78, 5) is 16.0. The molecule has 6 heteroatoms. The van der Waals surface area contributed by atoms with Crippen molar-refractivity contribution in [1.82, 2.24) is 9.80 Å². The molecule has 0 radical (unpaired) electrons. The molecule has 2 aliphatic rings. The van der Waals surface area contributed by atoms with Crippen LogP contribution in [0.5, 0.6) is 0 Å². The third-order valence-corrected chi connectivity index (χ3v) is 3.85. The van der Waals surface area contributed by atoms with Crippen LogP contribution in [0, 0.1) is 0 Å². The SMILES string of the molecule is CC(C)(C)OC(=O)N1CCN(CCOC2CC(O)C2)CC1. The molecule has 1 aliphatic carbocycles. The highest BCUT2D eigenvalue weighted by atomic mass is 16.6. The van der Waals surface area contributed by atoms with Gasteiger partial charge in [-0.2, -0.15) is 0 Å². The minimum Gasteiger partial charge on any atom is -0.444 e. The highest BCUT2D eigenvalue weighted by molar-refractivity contribution is 5.68. The van der Waals surface area contributed by atoms with Crippen LogP contribution in [0.3, 0.4) is 0 Å². The van der Waals surface area contributed by atoms with Crippen LogP contribution < -0.4 is 0 Å².